The maximum absolute atomic E-state index is 3.54. The van der Waals surface area contributed by atoms with Gasteiger partial charge >= 0.3 is 0 Å². The van der Waals surface area contributed by atoms with Gasteiger partial charge in [0.1, 0.15) is 0 Å². The SMILES string of the molecule is CCSCCCNC(C)c1ccsc1. The zero-order chi connectivity index (χ0) is 10.2. The summed E-state index contributed by atoms with van der Waals surface area (Å²) in [5.41, 5.74) is 1.41. The summed E-state index contributed by atoms with van der Waals surface area (Å²) in [5.74, 6) is 2.51. The van der Waals surface area contributed by atoms with Gasteiger partial charge in [-0.25, -0.2) is 0 Å². The second-order valence-electron chi connectivity index (χ2n) is 3.28. The summed E-state index contributed by atoms with van der Waals surface area (Å²) in [5, 5.41) is 7.90. The van der Waals surface area contributed by atoms with Crippen LogP contribution in [-0.4, -0.2) is 18.1 Å². The second kappa shape index (κ2) is 7.32. The van der Waals surface area contributed by atoms with E-state index < -0.39 is 0 Å². The Labute approximate surface area is 95.3 Å². The van der Waals surface area contributed by atoms with Crippen LogP contribution in [0, 0.1) is 0 Å². The number of thioether (sulfide) groups is 1. The fourth-order valence-corrected chi connectivity index (χ4v) is 2.67. The van der Waals surface area contributed by atoms with E-state index in [1.807, 2.05) is 11.8 Å². The highest BCUT2D eigenvalue weighted by atomic mass is 32.2. The maximum Gasteiger partial charge on any atom is 0.0300 e. The topological polar surface area (TPSA) is 12.0 Å². The molecule has 3 heteroatoms. The van der Waals surface area contributed by atoms with Gasteiger partial charge in [0.15, 0.2) is 0 Å². The van der Waals surface area contributed by atoms with Crippen LogP contribution in [0.1, 0.15) is 31.9 Å². The highest BCUT2D eigenvalue weighted by Crippen LogP contribution is 2.15. The van der Waals surface area contributed by atoms with Crippen molar-refractivity contribution in [1.29, 1.82) is 0 Å². The van der Waals surface area contributed by atoms with Crippen molar-refractivity contribution in [2.45, 2.75) is 26.3 Å². The van der Waals surface area contributed by atoms with E-state index in [1.54, 1.807) is 11.3 Å². The van der Waals surface area contributed by atoms with Crippen LogP contribution in [0.25, 0.3) is 0 Å². The normalized spacial score (nSPS) is 13.0. The minimum absolute atomic E-state index is 0.507. The van der Waals surface area contributed by atoms with E-state index in [-0.39, 0.29) is 0 Å². The predicted molar refractivity (Wildman–Crippen MR) is 68.4 cm³/mol. The smallest absolute Gasteiger partial charge is 0.0300 e. The molecule has 1 atom stereocenters. The van der Waals surface area contributed by atoms with Crippen molar-refractivity contribution in [3.8, 4) is 0 Å². The fourth-order valence-electron chi connectivity index (χ4n) is 1.28. The van der Waals surface area contributed by atoms with Gasteiger partial charge < -0.3 is 5.32 Å². The lowest BCUT2D eigenvalue weighted by Crippen LogP contribution is -2.19. The highest BCUT2D eigenvalue weighted by Gasteiger charge is 2.03. The first-order valence-electron chi connectivity index (χ1n) is 5.17. The largest absolute Gasteiger partial charge is 0.310 e. The Hall–Kier alpha value is 0.01000. The minimum atomic E-state index is 0.507. The van der Waals surface area contributed by atoms with Gasteiger partial charge in [-0.2, -0.15) is 23.1 Å². The molecule has 1 N–H and O–H groups in total. The Morgan fingerprint density at radius 3 is 3.07 bits per heavy atom. The van der Waals surface area contributed by atoms with Crippen LogP contribution < -0.4 is 5.32 Å². The van der Waals surface area contributed by atoms with Crippen LogP contribution >= 0.6 is 23.1 Å². The summed E-state index contributed by atoms with van der Waals surface area (Å²) in [7, 11) is 0. The van der Waals surface area contributed by atoms with Gasteiger partial charge in [0.2, 0.25) is 0 Å². The molecule has 0 aliphatic heterocycles. The Bertz CT molecular complexity index is 221. The number of thiophene rings is 1. The summed E-state index contributed by atoms with van der Waals surface area (Å²) in [6, 6.07) is 2.70. The van der Waals surface area contributed by atoms with E-state index in [9.17, 15) is 0 Å². The van der Waals surface area contributed by atoms with Crippen LogP contribution in [0.2, 0.25) is 0 Å². The first-order valence-corrected chi connectivity index (χ1v) is 7.27. The molecule has 0 amide bonds. The summed E-state index contributed by atoms with van der Waals surface area (Å²) in [6.45, 7) is 5.57. The van der Waals surface area contributed by atoms with Gasteiger partial charge in [0, 0.05) is 6.04 Å². The fraction of sp³-hybridized carbons (Fsp3) is 0.636. The summed E-state index contributed by atoms with van der Waals surface area (Å²) in [6.07, 6.45) is 1.27. The molecule has 0 fully saturated rings. The number of nitrogens with one attached hydrogen (secondary N) is 1. The lowest BCUT2D eigenvalue weighted by atomic mass is 10.2. The third-order valence-electron chi connectivity index (χ3n) is 2.16. The Morgan fingerprint density at radius 1 is 1.57 bits per heavy atom. The van der Waals surface area contributed by atoms with E-state index in [2.05, 4.69) is 36.0 Å². The molecule has 0 aliphatic rings. The molecule has 1 nitrogen and oxygen atoms in total. The van der Waals surface area contributed by atoms with Crippen LogP contribution in [0.3, 0.4) is 0 Å². The molecule has 80 valence electrons. The first kappa shape index (κ1) is 12.1. The van der Waals surface area contributed by atoms with E-state index in [0.717, 1.165) is 6.54 Å². The zero-order valence-corrected chi connectivity index (χ0v) is 10.6. The van der Waals surface area contributed by atoms with E-state index in [4.69, 9.17) is 0 Å². The van der Waals surface area contributed by atoms with Crippen molar-refractivity contribution in [2.75, 3.05) is 18.1 Å². The van der Waals surface area contributed by atoms with Crippen molar-refractivity contribution < 1.29 is 0 Å². The minimum Gasteiger partial charge on any atom is -0.310 e. The second-order valence-corrected chi connectivity index (χ2v) is 5.46. The average molecular weight is 229 g/mol. The van der Waals surface area contributed by atoms with Crippen molar-refractivity contribution in [3.05, 3.63) is 22.4 Å². The first-order chi connectivity index (χ1) is 6.84. The maximum atomic E-state index is 3.54. The monoisotopic (exact) mass is 229 g/mol. The Morgan fingerprint density at radius 2 is 2.43 bits per heavy atom. The molecular weight excluding hydrogens is 210 g/mol. The zero-order valence-electron chi connectivity index (χ0n) is 8.95. The lowest BCUT2D eigenvalue weighted by molar-refractivity contribution is 0.574. The van der Waals surface area contributed by atoms with Crippen LogP contribution in [0.4, 0.5) is 0 Å². The van der Waals surface area contributed by atoms with Crippen molar-refractivity contribution in [2.24, 2.45) is 0 Å². The van der Waals surface area contributed by atoms with Crippen molar-refractivity contribution >= 4 is 23.1 Å². The van der Waals surface area contributed by atoms with Crippen LogP contribution in [0.15, 0.2) is 16.8 Å². The highest BCUT2D eigenvalue weighted by molar-refractivity contribution is 7.99. The third kappa shape index (κ3) is 4.49. The summed E-state index contributed by atoms with van der Waals surface area (Å²) in [4.78, 5) is 0. The molecule has 1 rings (SSSR count). The molecule has 0 bridgehead atoms. The predicted octanol–water partition coefficient (Wildman–Crippen LogP) is 3.54. The van der Waals surface area contributed by atoms with Gasteiger partial charge in [-0.1, -0.05) is 6.92 Å². The molecule has 1 heterocycles. The van der Waals surface area contributed by atoms with Crippen LogP contribution in [-0.2, 0) is 0 Å². The Kier molecular flexibility index (Phi) is 6.32. The van der Waals surface area contributed by atoms with Gasteiger partial charge in [0.05, 0.1) is 0 Å². The lowest BCUT2D eigenvalue weighted by Gasteiger charge is -2.11. The summed E-state index contributed by atoms with van der Waals surface area (Å²) < 4.78 is 0. The van der Waals surface area contributed by atoms with Crippen molar-refractivity contribution in [1.82, 2.24) is 5.32 Å². The van der Waals surface area contributed by atoms with Gasteiger partial charge in [-0.15, -0.1) is 0 Å². The molecule has 0 saturated heterocycles. The molecular formula is C11H19NS2. The number of rotatable bonds is 7. The van der Waals surface area contributed by atoms with Gasteiger partial charge in [-0.05, 0) is 53.8 Å². The Balaban J connectivity index is 2.07. The standard InChI is InChI=1S/C11H19NS2/c1-3-13-7-4-6-12-10(2)11-5-8-14-9-11/h5,8-10,12H,3-4,6-7H2,1-2H3. The van der Waals surface area contributed by atoms with E-state index >= 15 is 0 Å². The molecule has 0 aliphatic carbocycles. The van der Waals surface area contributed by atoms with E-state index in [0.29, 0.717) is 6.04 Å². The summed E-state index contributed by atoms with van der Waals surface area (Å²) >= 11 is 3.79. The van der Waals surface area contributed by atoms with Crippen LogP contribution in [0.5, 0.6) is 0 Å². The molecule has 1 unspecified atom stereocenters. The quantitative estimate of drug-likeness (QED) is 0.718. The van der Waals surface area contributed by atoms with Gasteiger partial charge in [0.25, 0.3) is 0 Å². The molecule has 0 spiro atoms. The number of hydrogen-bond donors (Lipinski definition) is 1. The molecule has 1 aromatic rings. The van der Waals surface area contributed by atoms with E-state index in [1.165, 1.54) is 23.5 Å². The molecule has 14 heavy (non-hydrogen) atoms. The molecule has 1 aromatic heterocycles. The molecule has 0 radical (unpaired) electrons. The third-order valence-corrected chi connectivity index (χ3v) is 3.85. The van der Waals surface area contributed by atoms with Crippen molar-refractivity contribution in [3.63, 3.8) is 0 Å². The molecule has 0 aromatic carbocycles. The molecule has 0 saturated carbocycles. The average Bonchev–Trinajstić information content (AvgIpc) is 2.70. The number of hydrogen-bond acceptors (Lipinski definition) is 3. The van der Waals surface area contributed by atoms with Gasteiger partial charge in [-0.3, -0.25) is 0 Å².